The van der Waals surface area contributed by atoms with E-state index in [4.69, 9.17) is 11.6 Å². The summed E-state index contributed by atoms with van der Waals surface area (Å²) in [5.74, 6) is -0.145. The van der Waals surface area contributed by atoms with E-state index in [0.29, 0.717) is 16.9 Å². The zero-order chi connectivity index (χ0) is 13.5. The minimum absolute atomic E-state index is 0.101. The first kappa shape index (κ1) is 15.4. The standard InChI is InChI=1S/C13H16BrClFNO/c1-17(8-4-2-3-7-15)13(18)11-9-10(14)5-6-12(11)16/h5-6,9H,2-4,7-8H2,1H3. The molecule has 1 rings (SSSR count). The smallest absolute Gasteiger partial charge is 0.256 e. The zero-order valence-corrected chi connectivity index (χ0v) is 12.6. The number of alkyl halides is 1. The first-order chi connectivity index (χ1) is 8.56. The minimum atomic E-state index is -0.490. The lowest BCUT2D eigenvalue weighted by Gasteiger charge is -2.17. The van der Waals surface area contributed by atoms with Gasteiger partial charge in [0.15, 0.2) is 0 Å². The predicted octanol–water partition coefficient (Wildman–Crippen LogP) is 4.07. The lowest BCUT2D eigenvalue weighted by Crippen LogP contribution is -2.28. The van der Waals surface area contributed by atoms with Crippen LogP contribution in [0.15, 0.2) is 22.7 Å². The second-order valence-electron chi connectivity index (χ2n) is 4.10. The normalized spacial score (nSPS) is 10.4. The van der Waals surface area contributed by atoms with Crippen molar-refractivity contribution in [1.29, 1.82) is 0 Å². The number of nitrogens with zero attached hydrogens (tertiary/aromatic N) is 1. The molecule has 1 amide bonds. The number of hydrogen-bond donors (Lipinski definition) is 0. The summed E-state index contributed by atoms with van der Waals surface area (Å²) in [6.45, 7) is 0.613. The number of halogens is 3. The highest BCUT2D eigenvalue weighted by molar-refractivity contribution is 9.10. The molecule has 0 fully saturated rings. The summed E-state index contributed by atoms with van der Waals surface area (Å²) in [5, 5.41) is 0. The quantitative estimate of drug-likeness (QED) is 0.566. The van der Waals surface area contributed by atoms with Gasteiger partial charge in [-0.15, -0.1) is 11.6 Å². The molecule has 1 aromatic carbocycles. The summed E-state index contributed by atoms with van der Waals surface area (Å²) in [5.41, 5.74) is 0.101. The van der Waals surface area contributed by atoms with Gasteiger partial charge in [0.05, 0.1) is 5.56 Å². The Morgan fingerprint density at radius 1 is 1.39 bits per heavy atom. The van der Waals surface area contributed by atoms with Gasteiger partial charge in [0, 0.05) is 23.9 Å². The van der Waals surface area contributed by atoms with Crippen molar-refractivity contribution in [3.05, 3.63) is 34.1 Å². The van der Waals surface area contributed by atoms with Crippen LogP contribution in [0.1, 0.15) is 29.6 Å². The third-order valence-corrected chi connectivity index (χ3v) is 3.39. The fourth-order valence-corrected chi connectivity index (χ4v) is 2.14. The van der Waals surface area contributed by atoms with Crippen molar-refractivity contribution in [3.63, 3.8) is 0 Å². The number of unbranched alkanes of at least 4 members (excludes halogenated alkanes) is 2. The van der Waals surface area contributed by atoms with E-state index < -0.39 is 5.82 Å². The molecule has 1 aromatic rings. The Morgan fingerprint density at radius 2 is 2.11 bits per heavy atom. The Morgan fingerprint density at radius 3 is 2.78 bits per heavy atom. The van der Waals surface area contributed by atoms with E-state index in [1.807, 2.05) is 0 Å². The number of benzene rings is 1. The fraction of sp³-hybridized carbons (Fsp3) is 0.462. The Kier molecular flexibility index (Phi) is 6.65. The summed E-state index contributed by atoms with van der Waals surface area (Å²) < 4.78 is 14.2. The molecule has 0 bridgehead atoms. The fourth-order valence-electron chi connectivity index (χ4n) is 1.59. The molecule has 100 valence electrons. The van der Waals surface area contributed by atoms with Crippen molar-refractivity contribution < 1.29 is 9.18 Å². The monoisotopic (exact) mass is 335 g/mol. The van der Waals surface area contributed by atoms with E-state index in [0.717, 1.165) is 19.3 Å². The van der Waals surface area contributed by atoms with Gasteiger partial charge in [-0.3, -0.25) is 4.79 Å². The van der Waals surface area contributed by atoms with Gasteiger partial charge in [-0.2, -0.15) is 0 Å². The Labute approximate surface area is 120 Å². The third kappa shape index (κ3) is 4.58. The van der Waals surface area contributed by atoms with Crippen molar-refractivity contribution in [3.8, 4) is 0 Å². The summed E-state index contributed by atoms with van der Waals surface area (Å²) in [4.78, 5) is 13.6. The second-order valence-corrected chi connectivity index (χ2v) is 5.39. The molecule has 0 aliphatic heterocycles. The maximum Gasteiger partial charge on any atom is 0.256 e. The topological polar surface area (TPSA) is 20.3 Å². The summed E-state index contributed by atoms with van der Waals surface area (Å²) >= 11 is 8.81. The second kappa shape index (κ2) is 7.74. The van der Waals surface area contributed by atoms with E-state index in [9.17, 15) is 9.18 Å². The van der Waals surface area contributed by atoms with Crippen molar-refractivity contribution in [1.82, 2.24) is 4.90 Å². The van der Waals surface area contributed by atoms with E-state index in [-0.39, 0.29) is 11.5 Å². The summed E-state index contributed by atoms with van der Waals surface area (Å²) in [6.07, 6.45) is 2.79. The van der Waals surface area contributed by atoms with Crippen LogP contribution in [0.2, 0.25) is 0 Å². The summed E-state index contributed by atoms with van der Waals surface area (Å²) in [6, 6.07) is 4.37. The SMILES string of the molecule is CN(CCCCCCl)C(=O)c1cc(Br)ccc1F. The molecular weight excluding hydrogens is 321 g/mol. The van der Waals surface area contributed by atoms with Crippen LogP contribution in [0.3, 0.4) is 0 Å². The van der Waals surface area contributed by atoms with Crippen molar-refractivity contribution >= 4 is 33.4 Å². The molecule has 0 heterocycles. The number of hydrogen-bond acceptors (Lipinski definition) is 1. The Bertz CT molecular complexity index is 414. The maximum atomic E-state index is 13.5. The van der Waals surface area contributed by atoms with Gasteiger partial charge < -0.3 is 4.90 Å². The molecule has 0 N–H and O–H groups in total. The molecule has 5 heteroatoms. The number of carbonyl (C=O) groups is 1. The third-order valence-electron chi connectivity index (χ3n) is 2.63. The maximum absolute atomic E-state index is 13.5. The van der Waals surface area contributed by atoms with Gasteiger partial charge in [-0.1, -0.05) is 22.4 Å². The average Bonchev–Trinajstić information content (AvgIpc) is 2.36. The number of rotatable bonds is 6. The van der Waals surface area contributed by atoms with Gasteiger partial charge in [-0.05, 0) is 31.0 Å². The predicted molar refractivity (Wildman–Crippen MR) is 75.6 cm³/mol. The van der Waals surface area contributed by atoms with Crippen LogP contribution in [-0.2, 0) is 0 Å². The van der Waals surface area contributed by atoms with Crippen LogP contribution in [-0.4, -0.2) is 30.3 Å². The van der Waals surface area contributed by atoms with Gasteiger partial charge in [0.2, 0.25) is 0 Å². The molecule has 0 unspecified atom stereocenters. The van der Waals surface area contributed by atoms with E-state index in [1.165, 1.54) is 12.1 Å². The first-order valence-electron chi connectivity index (χ1n) is 5.82. The zero-order valence-electron chi connectivity index (χ0n) is 10.3. The lowest BCUT2D eigenvalue weighted by molar-refractivity contribution is 0.0788. The minimum Gasteiger partial charge on any atom is -0.342 e. The van der Waals surface area contributed by atoms with Crippen LogP contribution in [0.5, 0.6) is 0 Å². The Hall–Kier alpha value is -0.610. The molecule has 0 saturated heterocycles. The lowest BCUT2D eigenvalue weighted by atomic mass is 10.1. The summed E-state index contributed by atoms with van der Waals surface area (Å²) in [7, 11) is 1.68. The molecule has 2 nitrogen and oxygen atoms in total. The van der Waals surface area contributed by atoms with Crippen LogP contribution in [0.25, 0.3) is 0 Å². The first-order valence-corrected chi connectivity index (χ1v) is 7.15. The average molecular weight is 337 g/mol. The molecule has 0 radical (unpaired) electrons. The largest absolute Gasteiger partial charge is 0.342 e. The molecular formula is C13H16BrClFNO. The molecule has 0 saturated carbocycles. The van der Waals surface area contributed by atoms with E-state index in [1.54, 1.807) is 18.0 Å². The molecule has 18 heavy (non-hydrogen) atoms. The highest BCUT2D eigenvalue weighted by Gasteiger charge is 2.16. The van der Waals surface area contributed by atoms with Crippen LogP contribution in [0.4, 0.5) is 4.39 Å². The van der Waals surface area contributed by atoms with Crippen LogP contribution in [0, 0.1) is 5.82 Å². The van der Waals surface area contributed by atoms with Crippen molar-refractivity contribution in [2.24, 2.45) is 0 Å². The van der Waals surface area contributed by atoms with E-state index >= 15 is 0 Å². The van der Waals surface area contributed by atoms with Crippen LogP contribution < -0.4 is 0 Å². The van der Waals surface area contributed by atoms with Gasteiger partial charge in [0.25, 0.3) is 5.91 Å². The van der Waals surface area contributed by atoms with Crippen LogP contribution >= 0.6 is 27.5 Å². The number of amides is 1. The highest BCUT2D eigenvalue weighted by atomic mass is 79.9. The van der Waals surface area contributed by atoms with Crippen molar-refractivity contribution in [2.45, 2.75) is 19.3 Å². The molecule has 0 aliphatic carbocycles. The van der Waals surface area contributed by atoms with E-state index in [2.05, 4.69) is 15.9 Å². The van der Waals surface area contributed by atoms with Gasteiger partial charge in [-0.25, -0.2) is 4.39 Å². The molecule has 0 atom stereocenters. The molecule has 0 aromatic heterocycles. The molecule has 0 aliphatic rings. The van der Waals surface area contributed by atoms with Gasteiger partial charge in [0.1, 0.15) is 5.82 Å². The number of carbonyl (C=O) groups excluding carboxylic acids is 1. The molecule has 0 spiro atoms. The Balaban J connectivity index is 2.60. The highest BCUT2D eigenvalue weighted by Crippen LogP contribution is 2.17. The van der Waals surface area contributed by atoms with Gasteiger partial charge >= 0.3 is 0 Å². The van der Waals surface area contributed by atoms with Crippen molar-refractivity contribution in [2.75, 3.05) is 19.5 Å².